The molecule has 1 amide bonds. The molecule has 0 radical (unpaired) electrons. The van der Waals surface area contributed by atoms with Gasteiger partial charge in [0.1, 0.15) is 17.5 Å². The summed E-state index contributed by atoms with van der Waals surface area (Å²) in [6.07, 6.45) is 0. The van der Waals surface area contributed by atoms with Crippen LogP contribution in [0.3, 0.4) is 0 Å². The van der Waals surface area contributed by atoms with Gasteiger partial charge in [-0.25, -0.2) is 4.39 Å². The molecule has 2 unspecified atom stereocenters. The summed E-state index contributed by atoms with van der Waals surface area (Å²) >= 11 is 0. The molecule has 0 aliphatic rings. The second-order valence-electron chi connectivity index (χ2n) is 7.97. The third-order valence-corrected chi connectivity index (χ3v) is 5.34. The van der Waals surface area contributed by atoms with Crippen molar-refractivity contribution in [2.45, 2.75) is 19.8 Å². The number of amides is 1. The van der Waals surface area contributed by atoms with Crippen LogP contribution >= 0.6 is 0 Å². The summed E-state index contributed by atoms with van der Waals surface area (Å²) < 4.78 is 13.4. The van der Waals surface area contributed by atoms with E-state index in [1.54, 1.807) is 68.4 Å². The van der Waals surface area contributed by atoms with E-state index in [9.17, 15) is 18.8 Å². The molecule has 5 nitrogen and oxygen atoms in total. The van der Waals surface area contributed by atoms with Gasteiger partial charge in [0.05, 0.1) is 17.6 Å². The maximum Gasteiger partial charge on any atom is 0.236 e. The minimum atomic E-state index is -1.31. The molecular weight excluding hydrogens is 419 g/mol. The number of carbonyl (C=O) groups is 3. The van der Waals surface area contributed by atoms with E-state index in [1.165, 1.54) is 24.3 Å². The standard InChI is InChI=1S/C27H23FN2O3/c1-17(2)25(31)24(27(33)30-22-14-8-18(16-29)9-15-22)23(19-6-4-3-5-7-19)26(32)20-10-12-21(28)13-11-20/h3-15,17,23-24H,1-2H3,(H,30,33). The fourth-order valence-electron chi connectivity index (χ4n) is 3.60. The second kappa shape index (κ2) is 10.5. The van der Waals surface area contributed by atoms with Gasteiger partial charge in [0.25, 0.3) is 0 Å². The molecule has 0 saturated heterocycles. The summed E-state index contributed by atoms with van der Waals surface area (Å²) in [7, 11) is 0. The summed E-state index contributed by atoms with van der Waals surface area (Å²) in [6.45, 7) is 3.35. The van der Waals surface area contributed by atoms with Crippen molar-refractivity contribution in [3.05, 3.63) is 101 Å². The third-order valence-electron chi connectivity index (χ3n) is 5.34. The van der Waals surface area contributed by atoms with Gasteiger partial charge < -0.3 is 5.32 Å². The Kier molecular flexibility index (Phi) is 7.47. The van der Waals surface area contributed by atoms with Gasteiger partial charge in [0.2, 0.25) is 5.91 Å². The number of nitriles is 1. The van der Waals surface area contributed by atoms with Gasteiger partial charge in [0, 0.05) is 17.2 Å². The van der Waals surface area contributed by atoms with Crippen LogP contribution in [-0.4, -0.2) is 17.5 Å². The predicted octanol–water partition coefficient (Wildman–Crippen LogP) is 5.14. The summed E-state index contributed by atoms with van der Waals surface area (Å²) in [4.78, 5) is 40.2. The van der Waals surface area contributed by atoms with Crippen LogP contribution in [0.2, 0.25) is 0 Å². The number of hydrogen-bond acceptors (Lipinski definition) is 4. The minimum Gasteiger partial charge on any atom is -0.325 e. The van der Waals surface area contributed by atoms with Gasteiger partial charge in [-0.3, -0.25) is 14.4 Å². The maximum absolute atomic E-state index is 13.6. The van der Waals surface area contributed by atoms with Crippen LogP contribution in [-0.2, 0) is 9.59 Å². The highest BCUT2D eigenvalue weighted by molar-refractivity contribution is 6.14. The molecule has 0 aliphatic heterocycles. The highest BCUT2D eigenvalue weighted by Crippen LogP contribution is 2.32. The molecule has 3 aromatic carbocycles. The molecule has 33 heavy (non-hydrogen) atoms. The van der Waals surface area contributed by atoms with Crippen LogP contribution in [0.1, 0.15) is 41.3 Å². The topological polar surface area (TPSA) is 87.0 Å². The number of halogens is 1. The van der Waals surface area contributed by atoms with E-state index >= 15 is 0 Å². The van der Waals surface area contributed by atoms with Crippen LogP contribution in [0.5, 0.6) is 0 Å². The van der Waals surface area contributed by atoms with Crippen LogP contribution < -0.4 is 5.32 Å². The Labute approximate surface area is 191 Å². The van der Waals surface area contributed by atoms with E-state index in [0.29, 0.717) is 16.8 Å². The zero-order valence-electron chi connectivity index (χ0n) is 18.3. The van der Waals surface area contributed by atoms with Crippen molar-refractivity contribution in [2.24, 2.45) is 11.8 Å². The molecule has 3 aromatic rings. The molecule has 0 fully saturated rings. The van der Waals surface area contributed by atoms with Gasteiger partial charge in [-0.1, -0.05) is 44.2 Å². The summed E-state index contributed by atoms with van der Waals surface area (Å²) in [5, 5.41) is 11.7. The average molecular weight is 442 g/mol. The van der Waals surface area contributed by atoms with Gasteiger partial charge in [-0.05, 0) is 54.1 Å². The predicted molar refractivity (Wildman–Crippen MR) is 123 cm³/mol. The number of Topliss-reactive ketones (excluding diaryl/α,β-unsaturated/α-hetero) is 2. The van der Waals surface area contributed by atoms with Gasteiger partial charge in [0.15, 0.2) is 5.78 Å². The molecule has 0 saturated carbocycles. The van der Waals surface area contributed by atoms with Gasteiger partial charge in [-0.15, -0.1) is 0 Å². The van der Waals surface area contributed by atoms with Crippen molar-refractivity contribution in [3.63, 3.8) is 0 Å². The van der Waals surface area contributed by atoms with Gasteiger partial charge in [-0.2, -0.15) is 5.26 Å². The number of benzene rings is 3. The molecule has 166 valence electrons. The Morgan fingerprint density at radius 3 is 2.03 bits per heavy atom. The molecule has 0 spiro atoms. The van der Waals surface area contributed by atoms with E-state index in [4.69, 9.17) is 5.26 Å². The van der Waals surface area contributed by atoms with Gasteiger partial charge >= 0.3 is 0 Å². The van der Waals surface area contributed by atoms with Crippen LogP contribution in [0, 0.1) is 29.0 Å². The lowest BCUT2D eigenvalue weighted by atomic mass is 9.75. The maximum atomic E-state index is 13.6. The van der Waals surface area contributed by atoms with Crippen molar-refractivity contribution >= 4 is 23.2 Å². The molecule has 0 heterocycles. The lowest BCUT2D eigenvalue weighted by Crippen LogP contribution is -2.40. The molecule has 2 atom stereocenters. The summed E-state index contributed by atoms with van der Waals surface area (Å²) in [6, 6.07) is 21.9. The number of ketones is 2. The lowest BCUT2D eigenvalue weighted by molar-refractivity contribution is -0.133. The smallest absolute Gasteiger partial charge is 0.236 e. The molecule has 0 aliphatic carbocycles. The lowest BCUT2D eigenvalue weighted by Gasteiger charge is -2.26. The molecule has 1 N–H and O–H groups in total. The fourth-order valence-corrected chi connectivity index (χ4v) is 3.60. The number of anilines is 1. The number of hydrogen-bond donors (Lipinski definition) is 1. The second-order valence-corrected chi connectivity index (χ2v) is 7.97. The minimum absolute atomic E-state index is 0.206. The Balaban J connectivity index is 2.06. The van der Waals surface area contributed by atoms with E-state index in [-0.39, 0.29) is 11.3 Å². The normalized spacial score (nSPS) is 12.5. The molecule has 6 heteroatoms. The van der Waals surface area contributed by atoms with E-state index < -0.39 is 35.3 Å². The number of rotatable bonds is 8. The average Bonchev–Trinajstić information content (AvgIpc) is 2.83. The summed E-state index contributed by atoms with van der Waals surface area (Å²) in [5.41, 5.74) is 1.55. The SMILES string of the molecule is CC(C)C(=O)C(C(=O)Nc1ccc(C#N)cc1)C(C(=O)c1ccc(F)cc1)c1ccccc1. The first-order chi connectivity index (χ1) is 15.8. The number of nitrogens with zero attached hydrogens (tertiary/aromatic N) is 1. The van der Waals surface area contributed by atoms with Crippen LogP contribution in [0.25, 0.3) is 0 Å². The first-order valence-electron chi connectivity index (χ1n) is 10.5. The highest BCUT2D eigenvalue weighted by Gasteiger charge is 2.41. The fraction of sp³-hybridized carbons (Fsp3) is 0.185. The summed E-state index contributed by atoms with van der Waals surface area (Å²) in [5.74, 6) is -4.85. The van der Waals surface area contributed by atoms with Crippen molar-refractivity contribution in [1.82, 2.24) is 0 Å². The van der Waals surface area contributed by atoms with Crippen LogP contribution in [0.4, 0.5) is 10.1 Å². The molecule has 3 rings (SSSR count). The Morgan fingerprint density at radius 1 is 0.879 bits per heavy atom. The van der Waals surface area contributed by atoms with E-state index in [2.05, 4.69) is 5.32 Å². The van der Waals surface area contributed by atoms with E-state index in [1.807, 2.05) is 6.07 Å². The van der Waals surface area contributed by atoms with Crippen molar-refractivity contribution in [3.8, 4) is 6.07 Å². The largest absolute Gasteiger partial charge is 0.325 e. The molecule has 0 aromatic heterocycles. The van der Waals surface area contributed by atoms with Crippen LogP contribution in [0.15, 0.2) is 78.9 Å². The number of nitrogens with one attached hydrogen (secondary N) is 1. The van der Waals surface area contributed by atoms with Crippen molar-refractivity contribution in [2.75, 3.05) is 5.32 Å². The Morgan fingerprint density at radius 2 is 1.48 bits per heavy atom. The van der Waals surface area contributed by atoms with Crippen molar-refractivity contribution < 1.29 is 18.8 Å². The zero-order valence-corrected chi connectivity index (χ0v) is 18.3. The zero-order chi connectivity index (χ0) is 24.0. The van der Waals surface area contributed by atoms with Crippen molar-refractivity contribution in [1.29, 1.82) is 5.26 Å². The Bertz CT molecular complexity index is 1180. The quantitative estimate of drug-likeness (QED) is 0.386. The highest BCUT2D eigenvalue weighted by atomic mass is 19.1. The first kappa shape index (κ1) is 23.6. The van der Waals surface area contributed by atoms with E-state index in [0.717, 1.165) is 0 Å². The monoisotopic (exact) mass is 442 g/mol. The third kappa shape index (κ3) is 5.58. The first-order valence-corrected chi connectivity index (χ1v) is 10.5. The molecular formula is C27H23FN2O3. The Hall–Kier alpha value is -4.11. The number of carbonyl (C=O) groups excluding carboxylic acids is 3. The molecule has 0 bridgehead atoms.